The molecule has 0 bridgehead atoms. The number of rotatable bonds is 4. The summed E-state index contributed by atoms with van der Waals surface area (Å²) in [6.45, 7) is 4.74. The van der Waals surface area contributed by atoms with Crippen LogP contribution in [0.3, 0.4) is 0 Å². The maximum Gasteiger partial charge on any atom is 0.393 e. The lowest BCUT2D eigenvalue weighted by atomic mass is 10.2. The Morgan fingerprint density at radius 2 is 2.42 bits per heavy atom. The van der Waals surface area contributed by atoms with Crippen LogP contribution in [0.25, 0.3) is 0 Å². The van der Waals surface area contributed by atoms with Crippen molar-refractivity contribution >= 4 is 11.6 Å². The van der Waals surface area contributed by atoms with Gasteiger partial charge >= 0.3 is 6.08 Å². The molecule has 0 aliphatic rings. The highest BCUT2D eigenvalue weighted by atomic mass is 35.5. The van der Waals surface area contributed by atoms with Crippen LogP contribution in [0, 0.1) is 5.92 Å². The molecule has 0 saturated heterocycles. The summed E-state index contributed by atoms with van der Waals surface area (Å²) in [4.78, 5) is 3.98. The Labute approximate surface area is 76.7 Å². The number of alkyl halides is 1. The monoisotopic (exact) mass is 189 g/mol. The third-order valence-electron chi connectivity index (χ3n) is 1.21. The molecule has 0 radical (unpaired) electrons. The number of hydrogen-bond donors (Lipinski definition) is 0. The van der Waals surface area contributed by atoms with E-state index in [1.165, 1.54) is 6.26 Å². The predicted octanol–water partition coefficient (Wildman–Crippen LogP) is 2.45. The van der Waals surface area contributed by atoms with Crippen LogP contribution in [-0.4, -0.2) is 11.6 Å². The van der Waals surface area contributed by atoms with E-state index < -0.39 is 0 Å². The van der Waals surface area contributed by atoms with Gasteiger partial charge in [0.25, 0.3) is 0 Å². The smallest absolute Gasteiger partial charge is 0.393 e. The largest absolute Gasteiger partial charge is 0.450 e. The summed E-state index contributed by atoms with van der Waals surface area (Å²) >= 11 is 5.52. The molecule has 1 heterocycles. The Morgan fingerprint density at radius 3 is 2.92 bits per heavy atom. The van der Waals surface area contributed by atoms with Crippen LogP contribution in [-0.2, 0) is 5.88 Å². The normalized spacial score (nSPS) is 10.7. The van der Waals surface area contributed by atoms with E-state index in [0.29, 0.717) is 30.2 Å². The molecule has 0 saturated carbocycles. The number of halogens is 1. The number of nitrogens with zero attached hydrogens (tertiary/aromatic N) is 1. The van der Waals surface area contributed by atoms with Gasteiger partial charge in [0.2, 0.25) is 0 Å². The molecule has 0 aromatic carbocycles. The first kappa shape index (κ1) is 9.39. The van der Waals surface area contributed by atoms with Crippen LogP contribution in [0.4, 0.5) is 0 Å². The Balaban J connectivity index is 2.41. The minimum atomic E-state index is 0.305. The zero-order chi connectivity index (χ0) is 8.97. The van der Waals surface area contributed by atoms with Gasteiger partial charge in [-0.2, -0.15) is 4.98 Å². The van der Waals surface area contributed by atoms with Crippen molar-refractivity contribution in [1.29, 1.82) is 0 Å². The van der Waals surface area contributed by atoms with Gasteiger partial charge in [-0.3, -0.25) is 0 Å². The summed E-state index contributed by atoms with van der Waals surface area (Å²) in [5.41, 5.74) is 0.704. The van der Waals surface area contributed by atoms with Gasteiger partial charge in [-0.25, -0.2) is 0 Å². The highest BCUT2D eigenvalue weighted by molar-refractivity contribution is 6.16. The van der Waals surface area contributed by atoms with Crippen LogP contribution >= 0.6 is 11.6 Å². The summed E-state index contributed by atoms with van der Waals surface area (Å²) in [5, 5.41) is 0. The fourth-order valence-electron chi connectivity index (χ4n) is 0.654. The molecule has 1 rings (SSSR count). The fourth-order valence-corrected chi connectivity index (χ4v) is 0.777. The molecule has 1 aromatic rings. The molecule has 4 heteroatoms. The zero-order valence-electron chi connectivity index (χ0n) is 7.21. The second kappa shape index (κ2) is 4.36. The molecule has 0 aliphatic carbocycles. The van der Waals surface area contributed by atoms with Gasteiger partial charge in [-0.05, 0) is 5.92 Å². The van der Waals surface area contributed by atoms with Crippen LogP contribution < -0.4 is 4.74 Å². The number of oxazole rings is 1. The van der Waals surface area contributed by atoms with Crippen LogP contribution in [0.5, 0.6) is 6.08 Å². The molecule has 0 N–H and O–H groups in total. The molecule has 0 fully saturated rings. The van der Waals surface area contributed by atoms with E-state index in [2.05, 4.69) is 18.8 Å². The van der Waals surface area contributed by atoms with Gasteiger partial charge < -0.3 is 9.15 Å². The van der Waals surface area contributed by atoms with Crippen molar-refractivity contribution in [3.63, 3.8) is 0 Å². The maximum absolute atomic E-state index is 5.52. The predicted molar refractivity (Wildman–Crippen MR) is 46.4 cm³/mol. The summed E-state index contributed by atoms with van der Waals surface area (Å²) in [7, 11) is 0. The van der Waals surface area contributed by atoms with E-state index >= 15 is 0 Å². The summed E-state index contributed by atoms with van der Waals surface area (Å²) < 4.78 is 10.2. The molecular weight excluding hydrogens is 178 g/mol. The van der Waals surface area contributed by atoms with Crippen molar-refractivity contribution in [2.75, 3.05) is 6.61 Å². The fraction of sp³-hybridized carbons (Fsp3) is 0.625. The molecule has 68 valence electrons. The average molecular weight is 190 g/mol. The first-order valence-corrected chi connectivity index (χ1v) is 4.39. The van der Waals surface area contributed by atoms with Gasteiger partial charge in [0.1, 0.15) is 6.26 Å². The van der Waals surface area contributed by atoms with Gasteiger partial charge in [-0.1, -0.05) is 13.8 Å². The van der Waals surface area contributed by atoms with E-state index in [4.69, 9.17) is 20.8 Å². The van der Waals surface area contributed by atoms with E-state index in [1.54, 1.807) is 0 Å². The van der Waals surface area contributed by atoms with E-state index in [9.17, 15) is 0 Å². The Morgan fingerprint density at radius 1 is 1.67 bits per heavy atom. The van der Waals surface area contributed by atoms with Crippen molar-refractivity contribution in [1.82, 2.24) is 4.98 Å². The minimum absolute atomic E-state index is 0.305. The summed E-state index contributed by atoms with van der Waals surface area (Å²) in [6, 6.07) is 0. The maximum atomic E-state index is 5.52. The molecule has 1 aromatic heterocycles. The molecule has 3 nitrogen and oxygen atoms in total. The van der Waals surface area contributed by atoms with Gasteiger partial charge in [-0.15, -0.1) is 11.6 Å². The van der Waals surface area contributed by atoms with Crippen LogP contribution in [0.15, 0.2) is 10.7 Å². The average Bonchev–Trinajstić information content (AvgIpc) is 2.48. The van der Waals surface area contributed by atoms with Gasteiger partial charge in [0.15, 0.2) is 0 Å². The van der Waals surface area contributed by atoms with Crippen molar-refractivity contribution in [3.8, 4) is 6.08 Å². The highest BCUT2D eigenvalue weighted by Crippen LogP contribution is 2.12. The molecule has 12 heavy (non-hydrogen) atoms. The molecule has 0 amide bonds. The second-order valence-electron chi connectivity index (χ2n) is 2.94. The number of hydrogen-bond acceptors (Lipinski definition) is 3. The number of ether oxygens (including phenoxy) is 1. The van der Waals surface area contributed by atoms with E-state index in [0.717, 1.165) is 0 Å². The lowest BCUT2D eigenvalue weighted by Gasteiger charge is -2.02. The molecular formula is C8H12ClNO2. The van der Waals surface area contributed by atoms with Gasteiger partial charge in [0.05, 0.1) is 18.2 Å². The van der Waals surface area contributed by atoms with E-state index in [1.807, 2.05) is 0 Å². The second-order valence-corrected chi connectivity index (χ2v) is 3.21. The number of aromatic nitrogens is 1. The quantitative estimate of drug-likeness (QED) is 0.683. The highest BCUT2D eigenvalue weighted by Gasteiger charge is 2.04. The Kier molecular flexibility index (Phi) is 3.41. The molecule has 0 aliphatic heterocycles. The van der Waals surface area contributed by atoms with Crippen molar-refractivity contribution in [2.24, 2.45) is 5.92 Å². The van der Waals surface area contributed by atoms with E-state index in [-0.39, 0.29) is 0 Å². The molecule has 0 atom stereocenters. The van der Waals surface area contributed by atoms with Gasteiger partial charge in [0, 0.05) is 0 Å². The third kappa shape index (κ3) is 2.74. The summed E-state index contributed by atoms with van der Waals surface area (Å²) in [5.74, 6) is 0.825. The Bertz CT molecular complexity index is 235. The lowest BCUT2D eigenvalue weighted by molar-refractivity contribution is 0.202. The first-order valence-electron chi connectivity index (χ1n) is 3.85. The third-order valence-corrected chi connectivity index (χ3v) is 1.48. The van der Waals surface area contributed by atoms with Crippen LogP contribution in [0.2, 0.25) is 0 Å². The summed E-state index contributed by atoms with van der Waals surface area (Å²) in [6.07, 6.45) is 1.81. The zero-order valence-corrected chi connectivity index (χ0v) is 7.97. The minimum Gasteiger partial charge on any atom is -0.450 e. The first-order chi connectivity index (χ1) is 5.72. The molecule has 0 unspecified atom stereocenters. The van der Waals surface area contributed by atoms with Crippen molar-refractivity contribution in [2.45, 2.75) is 19.7 Å². The Hall–Kier alpha value is -0.700. The SMILES string of the molecule is CC(C)COc1nc(CCl)co1. The topological polar surface area (TPSA) is 35.3 Å². The standard InChI is InChI=1S/C8H12ClNO2/c1-6(2)4-11-8-10-7(3-9)5-12-8/h5-6H,3-4H2,1-2H3. The van der Waals surface area contributed by atoms with Crippen LogP contribution in [0.1, 0.15) is 19.5 Å². The molecule has 0 spiro atoms. The van der Waals surface area contributed by atoms with Crippen molar-refractivity contribution in [3.05, 3.63) is 12.0 Å². The lowest BCUT2D eigenvalue weighted by Crippen LogP contribution is -2.04. The van der Waals surface area contributed by atoms with Crippen molar-refractivity contribution < 1.29 is 9.15 Å².